The minimum Gasteiger partial charge on any atom is -0.487 e. The van der Waals surface area contributed by atoms with E-state index in [-0.39, 0.29) is 42.6 Å². The molecule has 3 heterocycles. The predicted octanol–water partition coefficient (Wildman–Crippen LogP) is 3.91. The van der Waals surface area contributed by atoms with Gasteiger partial charge in [-0.05, 0) is 43.2 Å². The number of aromatic nitrogens is 1. The van der Waals surface area contributed by atoms with Crippen molar-refractivity contribution in [2.45, 2.75) is 50.2 Å². The van der Waals surface area contributed by atoms with Crippen LogP contribution in [0.2, 0.25) is 0 Å². The van der Waals surface area contributed by atoms with Crippen LogP contribution in [-0.4, -0.2) is 55.3 Å². The summed E-state index contributed by atoms with van der Waals surface area (Å²) in [6.07, 6.45) is -3.56. The van der Waals surface area contributed by atoms with Gasteiger partial charge in [-0.15, -0.1) is 0 Å². The molecule has 1 aromatic carbocycles. The minimum atomic E-state index is -4.62. The molecule has 1 amide bonds. The maximum absolute atomic E-state index is 14.6. The first kappa shape index (κ1) is 22.6. The number of hydrogen-bond acceptors (Lipinski definition) is 7. The van der Waals surface area contributed by atoms with Crippen LogP contribution in [0.3, 0.4) is 0 Å². The van der Waals surface area contributed by atoms with E-state index in [1.807, 2.05) is 0 Å². The van der Waals surface area contributed by atoms with Crippen LogP contribution in [0.15, 0.2) is 22.6 Å². The van der Waals surface area contributed by atoms with Gasteiger partial charge in [0, 0.05) is 11.8 Å². The number of nitrogens with zero attached hydrogens (tertiary/aromatic N) is 2. The van der Waals surface area contributed by atoms with E-state index in [0.717, 1.165) is 18.9 Å². The van der Waals surface area contributed by atoms with Gasteiger partial charge in [0.25, 0.3) is 11.9 Å². The molecule has 2 saturated carbocycles. The summed E-state index contributed by atoms with van der Waals surface area (Å²) in [6.45, 7) is 0.781. The highest BCUT2D eigenvalue weighted by Crippen LogP contribution is 2.52. The molecular weight excluding hydrogens is 474 g/mol. The number of alkyl halides is 3. The van der Waals surface area contributed by atoms with Crippen LogP contribution >= 0.6 is 0 Å². The summed E-state index contributed by atoms with van der Waals surface area (Å²) < 4.78 is 75.9. The summed E-state index contributed by atoms with van der Waals surface area (Å²) >= 11 is 0. The van der Waals surface area contributed by atoms with E-state index in [4.69, 9.17) is 18.6 Å². The van der Waals surface area contributed by atoms with Crippen molar-refractivity contribution >= 4 is 17.6 Å². The van der Waals surface area contributed by atoms with Gasteiger partial charge >= 0.3 is 6.18 Å². The molecule has 5 atom stereocenters. The first-order chi connectivity index (χ1) is 16.7. The molecule has 2 aliphatic carbocycles. The molecule has 12 heteroatoms. The topological polar surface area (TPSA) is 86.1 Å². The lowest BCUT2D eigenvalue weighted by Gasteiger charge is -2.16. The van der Waals surface area contributed by atoms with Gasteiger partial charge in [-0.25, -0.2) is 4.39 Å². The molecule has 35 heavy (non-hydrogen) atoms. The summed E-state index contributed by atoms with van der Waals surface area (Å²) in [6, 6.07) is 3.79. The minimum absolute atomic E-state index is 0.0203. The third-order valence-corrected chi connectivity index (χ3v) is 7.00. The van der Waals surface area contributed by atoms with Crippen molar-refractivity contribution in [1.82, 2.24) is 4.98 Å². The second kappa shape index (κ2) is 8.37. The Kier molecular flexibility index (Phi) is 5.40. The highest BCUT2D eigenvalue weighted by molar-refractivity contribution is 6.03. The number of nitrogens with one attached hydrogen (secondary N) is 1. The number of anilines is 2. The summed E-state index contributed by atoms with van der Waals surface area (Å²) in [5.74, 6) is -0.775. The molecule has 4 aliphatic rings. The Morgan fingerprint density at radius 2 is 1.86 bits per heavy atom. The highest BCUT2D eigenvalue weighted by atomic mass is 19.4. The van der Waals surface area contributed by atoms with Gasteiger partial charge in [0.2, 0.25) is 0 Å². The third kappa shape index (κ3) is 4.68. The zero-order chi connectivity index (χ0) is 24.3. The van der Waals surface area contributed by atoms with E-state index < -0.39 is 35.8 Å². The fourth-order valence-electron chi connectivity index (χ4n) is 5.19. The van der Waals surface area contributed by atoms with E-state index in [1.165, 1.54) is 18.6 Å². The quantitative estimate of drug-likeness (QED) is 0.606. The number of halogens is 4. The summed E-state index contributed by atoms with van der Waals surface area (Å²) in [5, 5.41) is 2.41. The Bertz CT molecular complexity index is 1120. The van der Waals surface area contributed by atoms with Crippen molar-refractivity contribution in [2.24, 2.45) is 11.8 Å². The van der Waals surface area contributed by atoms with Gasteiger partial charge in [-0.2, -0.15) is 18.2 Å². The lowest BCUT2D eigenvalue weighted by Crippen LogP contribution is -2.23. The van der Waals surface area contributed by atoms with E-state index >= 15 is 0 Å². The Morgan fingerprint density at radius 1 is 1.14 bits per heavy atom. The number of benzene rings is 1. The number of amides is 1. The predicted molar refractivity (Wildman–Crippen MR) is 113 cm³/mol. The number of carbonyl (C=O) groups is 1. The Hall–Kier alpha value is -2.86. The number of carbonyl (C=O) groups excluding carboxylic acids is 1. The third-order valence-electron chi connectivity index (χ3n) is 7.00. The monoisotopic (exact) mass is 497 g/mol. The van der Waals surface area contributed by atoms with Gasteiger partial charge in [-0.1, -0.05) is 0 Å². The van der Waals surface area contributed by atoms with E-state index in [2.05, 4.69) is 10.3 Å². The van der Waals surface area contributed by atoms with Crippen LogP contribution < -0.4 is 15.0 Å². The largest absolute Gasteiger partial charge is 0.487 e. The van der Waals surface area contributed by atoms with Crippen LogP contribution in [0.25, 0.3) is 0 Å². The summed E-state index contributed by atoms with van der Waals surface area (Å²) in [4.78, 5) is 18.4. The SMILES string of the molecule is O=C(Nc1ccc(OC2CC3C[C@H]3C2)c(F)c1)c1nc(N2CC3OCOC3C2)oc1CC(F)(F)F. The number of hydrogen-bond donors (Lipinski definition) is 1. The smallest absolute Gasteiger partial charge is 0.396 e. The molecule has 8 nitrogen and oxygen atoms in total. The molecule has 4 fully saturated rings. The Morgan fingerprint density at radius 3 is 2.51 bits per heavy atom. The van der Waals surface area contributed by atoms with E-state index in [1.54, 1.807) is 4.90 Å². The van der Waals surface area contributed by atoms with Gasteiger partial charge in [-0.3, -0.25) is 4.79 Å². The average molecular weight is 497 g/mol. The lowest BCUT2D eigenvalue weighted by molar-refractivity contribution is -0.130. The van der Waals surface area contributed by atoms with Crippen LogP contribution in [0.1, 0.15) is 35.5 Å². The zero-order valence-corrected chi connectivity index (χ0v) is 18.5. The molecule has 2 aromatic rings. The first-order valence-electron chi connectivity index (χ1n) is 11.5. The molecule has 0 radical (unpaired) electrons. The van der Waals surface area contributed by atoms with Gasteiger partial charge in [0.05, 0.1) is 19.2 Å². The van der Waals surface area contributed by atoms with Crippen molar-refractivity contribution in [2.75, 3.05) is 30.1 Å². The van der Waals surface area contributed by atoms with Gasteiger partial charge in [0.15, 0.2) is 17.3 Å². The highest BCUT2D eigenvalue weighted by Gasteiger charge is 2.47. The van der Waals surface area contributed by atoms with E-state index in [9.17, 15) is 22.4 Å². The average Bonchev–Trinajstić information content (AvgIpc) is 3.22. The molecule has 2 aliphatic heterocycles. The van der Waals surface area contributed by atoms with Crippen LogP contribution in [0.4, 0.5) is 29.3 Å². The number of fused-ring (bicyclic) bond motifs is 2. The fraction of sp³-hybridized carbons (Fsp3) is 0.565. The van der Waals surface area contributed by atoms with Crippen molar-refractivity contribution in [3.63, 3.8) is 0 Å². The fourth-order valence-corrected chi connectivity index (χ4v) is 5.19. The molecule has 4 unspecified atom stereocenters. The van der Waals surface area contributed by atoms with Crippen LogP contribution in [0, 0.1) is 17.7 Å². The standard InChI is InChI=1S/C23H23F4N3O5/c24-15-6-13(1-2-16(15)34-14-4-11-3-12(11)5-14)28-21(31)20-17(7-23(25,26)27)35-22(29-20)30-8-18-19(9-30)33-10-32-18/h1-2,6,11-12,14,18-19H,3-5,7-10H2,(H,28,31)/t11-,12?,14?,18?,19?/m0/s1. The maximum Gasteiger partial charge on any atom is 0.396 e. The van der Waals surface area contributed by atoms with Crippen molar-refractivity contribution < 1.29 is 41.0 Å². The lowest BCUT2D eigenvalue weighted by atomic mass is 10.2. The normalized spacial score (nSPS) is 29.3. The number of ether oxygens (including phenoxy) is 3. The summed E-state index contributed by atoms with van der Waals surface area (Å²) in [7, 11) is 0. The molecular formula is C23H23F4N3O5. The molecule has 6 rings (SSSR count). The van der Waals surface area contributed by atoms with Crippen molar-refractivity contribution in [3.05, 3.63) is 35.5 Å². The zero-order valence-electron chi connectivity index (χ0n) is 18.5. The van der Waals surface area contributed by atoms with Crippen molar-refractivity contribution in [1.29, 1.82) is 0 Å². The van der Waals surface area contributed by atoms with Crippen LogP contribution in [-0.2, 0) is 15.9 Å². The molecule has 188 valence electrons. The molecule has 0 spiro atoms. The Labute approximate surface area is 197 Å². The molecule has 1 N–H and O–H groups in total. The second-order valence-electron chi connectivity index (χ2n) is 9.56. The van der Waals surface area contributed by atoms with Crippen molar-refractivity contribution in [3.8, 4) is 5.75 Å². The molecule has 0 bridgehead atoms. The Balaban J connectivity index is 1.17. The van der Waals surface area contributed by atoms with Crippen LogP contribution in [0.5, 0.6) is 5.75 Å². The molecule has 1 aromatic heterocycles. The first-order valence-corrected chi connectivity index (χ1v) is 11.5. The summed E-state index contributed by atoms with van der Waals surface area (Å²) in [5.41, 5.74) is -0.448. The maximum atomic E-state index is 14.6. The van der Waals surface area contributed by atoms with E-state index in [0.29, 0.717) is 24.9 Å². The second-order valence-corrected chi connectivity index (χ2v) is 9.56. The number of rotatable bonds is 6. The van der Waals surface area contributed by atoms with Gasteiger partial charge in [0.1, 0.15) is 31.2 Å². The molecule has 2 saturated heterocycles. The number of oxazole rings is 1. The van der Waals surface area contributed by atoms with Gasteiger partial charge < -0.3 is 28.8 Å².